The zero-order valence-electron chi connectivity index (χ0n) is 17.6. The number of hydrogen-bond acceptors (Lipinski definition) is 7. The lowest BCUT2D eigenvalue weighted by Crippen LogP contribution is -2.30. The van der Waals surface area contributed by atoms with Crippen LogP contribution < -0.4 is 14.8 Å². The van der Waals surface area contributed by atoms with Crippen molar-refractivity contribution in [3.63, 3.8) is 0 Å². The predicted octanol–water partition coefficient (Wildman–Crippen LogP) is 2.33. The molecule has 2 aromatic heterocycles. The van der Waals surface area contributed by atoms with E-state index >= 15 is 0 Å². The smallest absolute Gasteiger partial charge is 0.307 e. The Balaban J connectivity index is 1.92. The Hall–Kier alpha value is -3.62. The molecule has 0 fully saturated rings. The highest BCUT2D eigenvalue weighted by Crippen LogP contribution is 2.31. The van der Waals surface area contributed by atoms with E-state index < -0.39 is 12.0 Å². The minimum absolute atomic E-state index is 0.0423. The van der Waals surface area contributed by atoms with Gasteiger partial charge in [-0.3, -0.25) is 14.3 Å². The van der Waals surface area contributed by atoms with E-state index in [2.05, 4.69) is 15.4 Å². The van der Waals surface area contributed by atoms with Crippen LogP contribution in [0, 0.1) is 6.92 Å². The molecule has 1 amide bonds. The molecule has 1 atom stereocenters. The maximum Gasteiger partial charge on any atom is 0.307 e. The highest BCUT2D eigenvalue weighted by molar-refractivity contribution is 5.97. The summed E-state index contributed by atoms with van der Waals surface area (Å²) >= 11 is 0. The van der Waals surface area contributed by atoms with E-state index in [0.717, 1.165) is 11.1 Å². The van der Waals surface area contributed by atoms with Gasteiger partial charge in [0.15, 0.2) is 17.1 Å². The highest BCUT2D eigenvalue weighted by atomic mass is 16.5. The largest absolute Gasteiger partial charge is 0.493 e. The summed E-state index contributed by atoms with van der Waals surface area (Å²) in [7, 11) is 6.16. The van der Waals surface area contributed by atoms with Crippen molar-refractivity contribution >= 4 is 22.9 Å². The molecule has 30 heavy (non-hydrogen) atoms. The fourth-order valence-corrected chi connectivity index (χ4v) is 3.25. The van der Waals surface area contributed by atoms with Crippen LogP contribution in [0.4, 0.5) is 0 Å². The monoisotopic (exact) mass is 412 g/mol. The molecule has 3 aromatic rings. The Labute approximate surface area is 173 Å². The van der Waals surface area contributed by atoms with Crippen molar-refractivity contribution in [2.75, 3.05) is 21.3 Å². The van der Waals surface area contributed by atoms with Crippen LogP contribution in [0.5, 0.6) is 11.5 Å². The number of benzene rings is 1. The van der Waals surface area contributed by atoms with Gasteiger partial charge in [0.1, 0.15) is 0 Å². The van der Waals surface area contributed by atoms with Gasteiger partial charge in [-0.2, -0.15) is 5.10 Å². The second-order valence-corrected chi connectivity index (χ2v) is 6.72. The third-order valence-corrected chi connectivity index (χ3v) is 4.84. The molecule has 9 heteroatoms. The van der Waals surface area contributed by atoms with Crippen molar-refractivity contribution in [1.29, 1.82) is 0 Å². The third kappa shape index (κ3) is 4.19. The van der Waals surface area contributed by atoms with Gasteiger partial charge in [-0.15, -0.1) is 0 Å². The Morgan fingerprint density at radius 3 is 2.53 bits per heavy atom. The van der Waals surface area contributed by atoms with Gasteiger partial charge < -0.3 is 19.5 Å². The second-order valence-electron chi connectivity index (χ2n) is 6.72. The van der Waals surface area contributed by atoms with Gasteiger partial charge in [-0.1, -0.05) is 6.07 Å². The van der Waals surface area contributed by atoms with Crippen molar-refractivity contribution in [2.24, 2.45) is 7.05 Å². The Bertz CT molecular complexity index is 1090. The van der Waals surface area contributed by atoms with Crippen molar-refractivity contribution < 1.29 is 23.8 Å². The number of aromatic nitrogens is 3. The van der Waals surface area contributed by atoms with Crippen LogP contribution >= 0.6 is 0 Å². The fourth-order valence-electron chi connectivity index (χ4n) is 3.25. The summed E-state index contributed by atoms with van der Waals surface area (Å²) < 4.78 is 17.1. The Morgan fingerprint density at radius 2 is 1.87 bits per heavy atom. The van der Waals surface area contributed by atoms with E-state index in [9.17, 15) is 9.59 Å². The van der Waals surface area contributed by atoms with E-state index in [1.54, 1.807) is 36.0 Å². The molecule has 1 unspecified atom stereocenters. The van der Waals surface area contributed by atoms with Crippen LogP contribution in [0.3, 0.4) is 0 Å². The number of carbonyl (C=O) groups is 2. The van der Waals surface area contributed by atoms with Crippen molar-refractivity contribution in [2.45, 2.75) is 19.4 Å². The average Bonchev–Trinajstić information content (AvgIpc) is 3.05. The Kier molecular flexibility index (Phi) is 6.20. The quantitative estimate of drug-likeness (QED) is 0.594. The molecule has 1 aromatic carbocycles. The molecule has 0 bridgehead atoms. The van der Waals surface area contributed by atoms with E-state index in [-0.39, 0.29) is 12.3 Å². The van der Waals surface area contributed by atoms with Crippen LogP contribution in [0.25, 0.3) is 11.0 Å². The molecule has 0 radical (unpaired) electrons. The van der Waals surface area contributed by atoms with Crippen LogP contribution in [0.2, 0.25) is 0 Å². The molecule has 0 spiro atoms. The van der Waals surface area contributed by atoms with Crippen molar-refractivity contribution in [1.82, 2.24) is 20.1 Å². The number of methoxy groups -OCH3 is 3. The fraction of sp³-hybridized carbons (Fsp3) is 0.333. The number of carbonyl (C=O) groups excluding carboxylic acids is 2. The highest BCUT2D eigenvalue weighted by Gasteiger charge is 2.22. The van der Waals surface area contributed by atoms with Crippen LogP contribution in [0.1, 0.15) is 34.1 Å². The van der Waals surface area contributed by atoms with Gasteiger partial charge in [0, 0.05) is 18.6 Å². The number of aryl methyl sites for hydroxylation is 2. The lowest BCUT2D eigenvalue weighted by atomic mass is 10.0. The third-order valence-electron chi connectivity index (χ3n) is 4.84. The zero-order valence-corrected chi connectivity index (χ0v) is 17.6. The maximum absolute atomic E-state index is 13.0. The van der Waals surface area contributed by atoms with Gasteiger partial charge in [0.05, 0.1) is 45.0 Å². The minimum Gasteiger partial charge on any atom is -0.493 e. The van der Waals surface area contributed by atoms with Gasteiger partial charge in [-0.25, -0.2) is 4.98 Å². The summed E-state index contributed by atoms with van der Waals surface area (Å²) in [6.45, 7) is 1.86. The molecule has 0 aliphatic heterocycles. The molecule has 0 saturated heterocycles. The number of rotatable bonds is 7. The summed E-state index contributed by atoms with van der Waals surface area (Å²) in [5.74, 6) is 0.224. The normalized spacial score (nSPS) is 11.8. The topological polar surface area (TPSA) is 105 Å². The summed E-state index contributed by atoms with van der Waals surface area (Å²) in [6, 6.07) is 6.32. The summed E-state index contributed by atoms with van der Waals surface area (Å²) in [5, 5.41) is 8.00. The zero-order chi connectivity index (χ0) is 21.8. The summed E-state index contributed by atoms with van der Waals surface area (Å²) in [6.07, 6.45) is 1.45. The number of pyridine rings is 1. The number of hydrogen-bond donors (Lipinski definition) is 1. The van der Waals surface area contributed by atoms with E-state index in [0.29, 0.717) is 28.3 Å². The minimum atomic E-state index is -0.629. The van der Waals surface area contributed by atoms with Crippen LogP contribution in [0.15, 0.2) is 30.5 Å². The lowest BCUT2D eigenvalue weighted by Gasteiger charge is -2.20. The number of ether oxygens (including phenoxy) is 3. The standard InChI is InChI=1S/C21H24N4O5/c1-12-15-8-14(11-22-20(15)25(2)24-12)21(27)23-16(10-19(26)30-5)13-6-7-17(28-3)18(9-13)29-4/h6-9,11,16H,10H2,1-5H3,(H,23,27). The Morgan fingerprint density at radius 1 is 1.13 bits per heavy atom. The molecule has 158 valence electrons. The molecular formula is C21H24N4O5. The number of nitrogens with zero attached hydrogens (tertiary/aromatic N) is 3. The number of esters is 1. The predicted molar refractivity (Wildman–Crippen MR) is 110 cm³/mol. The van der Waals surface area contributed by atoms with Crippen LogP contribution in [-0.2, 0) is 16.6 Å². The summed E-state index contributed by atoms with van der Waals surface area (Å²) in [5.41, 5.74) is 2.52. The molecule has 2 heterocycles. The second kappa shape index (κ2) is 8.81. The first-order valence-electron chi connectivity index (χ1n) is 9.26. The molecule has 0 aliphatic rings. The van der Waals surface area contributed by atoms with Crippen LogP contribution in [-0.4, -0.2) is 48.0 Å². The van der Waals surface area contributed by atoms with E-state index in [1.165, 1.54) is 27.5 Å². The lowest BCUT2D eigenvalue weighted by molar-refractivity contribution is -0.141. The van der Waals surface area contributed by atoms with Gasteiger partial charge >= 0.3 is 5.97 Å². The van der Waals surface area contributed by atoms with E-state index in [4.69, 9.17) is 14.2 Å². The average molecular weight is 412 g/mol. The molecule has 0 aliphatic carbocycles. The number of amides is 1. The molecule has 0 saturated carbocycles. The SMILES string of the molecule is COC(=O)CC(NC(=O)c1cnc2c(c1)c(C)nn2C)c1ccc(OC)c(OC)c1. The maximum atomic E-state index is 13.0. The summed E-state index contributed by atoms with van der Waals surface area (Å²) in [4.78, 5) is 29.3. The van der Waals surface area contributed by atoms with Gasteiger partial charge in [0.25, 0.3) is 5.91 Å². The van der Waals surface area contributed by atoms with Crippen molar-refractivity contribution in [3.8, 4) is 11.5 Å². The molecule has 1 N–H and O–H groups in total. The van der Waals surface area contributed by atoms with Crippen molar-refractivity contribution in [3.05, 3.63) is 47.3 Å². The first-order valence-corrected chi connectivity index (χ1v) is 9.26. The molecule has 9 nitrogen and oxygen atoms in total. The number of fused-ring (bicyclic) bond motifs is 1. The molecule has 3 rings (SSSR count). The van der Waals surface area contributed by atoms with E-state index in [1.807, 2.05) is 6.92 Å². The molecular weight excluding hydrogens is 388 g/mol. The number of nitrogens with one attached hydrogen (secondary N) is 1. The first kappa shape index (κ1) is 21.1. The van der Waals surface area contributed by atoms with Gasteiger partial charge in [-0.05, 0) is 30.7 Å². The first-order chi connectivity index (χ1) is 14.4. The van der Waals surface area contributed by atoms with Gasteiger partial charge in [0.2, 0.25) is 0 Å².